The maximum atomic E-state index is 11.3. The van der Waals surface area contributed by atoms with Crippen LogP contribution < -0.4 is 15.8 Å². The first-order chi connectivity index (χ1) is 9.11. The number of ether oxygens (including phenoxy) is 2. The molecule has 0 atom stereocenters. The lowest BCUT2D eigenvalue weighted by Gasteiger charge is -2.07. The van der Waals surface area contributed by atoms with Gasteiger partial charge < -0.3 is 20.5 Å². The Morgan fingerprint density at radius 1 is 1.32 bits per heavy atom. The first-order valence-corrected chi connectivity index (χ1v) is 5.43. The average Bonchev–Trinajstić information content (AvgIpc) is 2.41. The Morgan fingerprint density at radius 3 is 2.58 bits per heavy atom. The Labute approximate surface area is 109 Å². The average molecular weight is 263 g/mol. The molecule has 7 heteroatoms. The molecular weight excluding hydrogens is 250 g/mol. The SMILES string of the molecule is N#Cc1ccc(OCC(=O)NCCOC(N)=O)cc1. The van der Waals surface area contributed by atoms with E-state index in [-0.39, 0.29) is 25.7 Å². The van der Waals surface area contributed by atoms with Crippen LogP contribution in [0.3, 0.4) is 0 Å². The van der Waals surface area contributed by atoms with Crippen molar-refractivity contribution in [3.05, 3.63) is 29.8 Å². The second kappa shape index (κ2) is 7.55. The predicted molar refractivity (Wildman–Crippen MR) is 65.2 cm³/mol. The lowest BCUT2D eigenvalue weighted by molar-refractivity contribution is -0.123. The van der Waals surface area contributed by atoms with Crippen molar-refractivity contribution in [2.24, 2.45) is 5.73 Å². The molecule has 7 nitrogen and oxygen atoms in total. The van der Waals surface area contributed by atoms with Gasteiger partial charge in [-0.25, -0.2) is 4.79 Å². The third-order valence-corrected chi connectivity index (χ3v) is 2.02. The Kier molecular flexibility index (Phi) is 5.69. The summed E-state index contributed by atoms with van der Waals surface area (Å²) in [6.45, 7) is 0.0128. The molecule has 0 saturated heterocycles. The molecule has 1 aromatic rings. The minimum atomic E-state index is -0.886. The highest BCUT2D eigenvalue weighted by Gasteiger charge is 2.03. The maximum absolute atomic E-state index is 11.3. The van der Waals surface area contributed by atoms with Gasteiger partial charge in [0.2, 0.25) is 0 Å². The minimum absolute atomic E-state index is 0.0118. The fraction of sp³-hybridized carbons (Fsp3) is 0.250. The van der Waals surface area contributed by atoms with Crippen LogP contribution in [0.4, 0.5) is 4.79 Å². The fourth-order valence-corrected chi connectivity index (χ4v) is 1.17. The minimum Gasteiger partial charge on any atom is -0.484 e. The van der Waals surface area contributed by atoms with Gasteiger partial charge in [-0.15, -0.1) is 0 Å². The van der Waals surface area contributed by atoms with E-state index in [0.29, 0.717) is 11.3 Å². The van der Waals surface area contributed by atoms with E-state index < -0.39 is 6.09 Å². The van der Waals surface area contributed by atoms with Crippen LogP contribution in [0.15, 0.2) is 24.3 Å². The molecule has 1 aromatic carbocycles. The van der Waals surface area contributed by atoms with E-state index in [0.717, 1.165) is 0 Å². The van der Waals surface area contributed by atoms with Gasteiger partial charge in [-0.1, -0.05) is 0 Å². The van der Waals surface area contributed by atoms with E-state index in [1.165, 1.54) is 0 Å². The highest BCUT2D eigenvalue weighted by Crippen LogP contribution is 2.10. The Bertz CT molecular complexity index is 479. The third kappa shape index (κ3) is 5.93. The summed E-state index contributed by atoms with van der Waals surface area (Å²) in [6, 6.07) is 8.36. The quantitative estimate of drug-likeness (QED) is 0.709. The van der Waals surface area contributed by atoms with E-state index in [4.69, 9.17) is 15.7 Å². The Hall–Kier alpha value is -2.75. The van der Waals surface area contributed by atoms with Gasteiger partial charge in [0.15, 0.2) is 6.61 Å². The number of nitrogens with two attached hydrogens (primary N) is 1. The summed E-state index contributed by atoms with van der Waals surface area (Å²) < 4.78 is 9.62. The number of carbonyl (C=O) groups is 2. The molecule has 0 aromatic heterocycles. The van der Waals surface area contributed by atoms with E-state index in [1.807, 2.05) is 6.07 Å². The van der Waals surface area contributed by atoms with Gasteiger partial charge in [0.1, 0.15) is 12.4 Å². The molecule has 0 fully saturated rings. The number of nitrogens with one attached hydrogen (secondary N) is 1. The molecule has 0 aliphatic carbocycles. The molecule has 0 radical (unpaired) electrons. The second-order valence-electron chi connectivity index (χ2n) is 3.44. The van der Waals surface area contributed by atoms with Crippen LogP contribution in [-0.4, -0.2) is 31.8 Å². The van der Waals surface area contributed by atoms with Crippen LogP contribution in [-0.2, 0) is 9.53 Å². The van der Waals surface area contributed by atoms with Crippen molar-refractivity contribution >= 4 is 12.0 Å². The molecular formula is C12H13N3O4. The standard InChI is InChI=1S/C12H13N3O4/c13-7-9-1-3-10(4-2-9)19-8-11(16)15-5-6-18-12(14)17/h1-4H,5-6,8H2,(H2,14,17)(H,15,16). The molecule has 0 bridgehead atoms. The summed E-state index contributed by atoms with van der Waals surface area (Å²) >= 11 is 0. The van der Waals surface area contributed by atoms with Crippen LogP contribution in [0.2, 0.25) is 0 Å². The monoisotopic (exact) mass is 263 g/mol. The summed E-state index contributed by atoms with van der Waals surface area (Å²) in [6.07, 6.45) is -0.886. The van der Waals surface area contributed by atoms with E-state index in [2.05, 4.69) is 10.1 Å². The van der Waals surface area contributed by atoms with Crippen molar-refractivity contribution in [1.82, 2.24) is 5.32 Å². The van der Waals surface area contributed by atoms with E-state index in [9.17, 15) is 9.59 Å². The van der Waals surface area contributed by atoms with Crippen molar-refractivity contribution in [1.29, 1.82) is 5.26 Å². The molecule has 19 heavy (non-hydrogen) atoms. The first-order valence-electron chi connectivity index (χ1n) is 5.43. The van der Waals surface area contributed by atoms with Gasteiger partial charge in [-0.05, 0) is 24.3 Å². The number of nitriles is 1. The van der Waals surface area contributed by atoms with Crippen LogP contribution >= 0.6 is 0 Å². The molecule has 1 rings (SSSR count). The summed E-state index contributed by atoms with van der Waals surface area (Å²) in [7, 11) is 0. The second-order valence-corrected chi connectivity index (χ2v) is 3.44. The number of amides is 2. The van der Waals surface area contributed by atoms with Crippen LogP contribution in [0.25, 0.3) is 0 Å². The van der Waals surface area contributed by atoms with Crippen molar-refractivity contribution < 1.29 is 19.1 Å². The first kappa shape index (κ1) is 14.3. The molecule has 0 spiro atoms. The zero-order chi connectivity index (χ0) is 14.1. The van der Waals surface area contributed by atoms with Crippen molar-refractivity contribution in [2.45, 2.75) is 0 Å². The van der Waals surface area contributed by atoms with Gasteiger partial charge in [0.05, 0.1) is 18.2 Å². The number of nitrogens with zero attached hydrogens (tertiary/aromatic N) is 1. The molecule has 100 valence electrons. The zero-order valence-electron chi connectivity index (χ0n) is 10.1. The Morgan fingerprint density at radius 2 is 2.00 bits per heavy atom. The van der Waals surface area contributed by atoms with Crippen LogP contribution in [0, 0.1) is 11.3 Å². The third-order valence-electron chi connectivity index (χ3n) is 2.02. The van der Waals surface area contributed by atoms with Gasteiger partial charge in [0, 0.05) is 0 Å². The maximum Gasteiger partial charge on any atom is 0.404 e. The van der Waals surface area contributed by atoms with Crippen molar-refractivity contribution in [3.8, 4) is 11.8 Å². The fourth-order valence-electron chi connectivity index (χ4n) is 1.17. The van der Waals surface area contributed by atoms with Gasteiger partial charge >= 0.3 is 6.09 Å². The molecule has 0 heterocycles. The van der Waals surface area contributed by atoms with Crippen molar-refractivity contribution in [2.75, 3.05) is 19.8 Å². The number of rotatable bonds is 6. The summed E-state index contributed by atoms with van der Waals surface area (Å²) in [5.74, 6) is 0.139. The van der Waals surface area contributed by atoms with Gasteiger partial charge in [0.25, 0.3) is 5.91 Å². The number of benzene rings is 1. The zero-order valence-corrected chi connectivity index (χ0v) is 10.1. The highest BCUT2D eigenvalue weighted by molar-refractivity contribution is 5.77. The van der Waals surface area contributed by atoms with Gasteiger partial charge in [-0.2, -0.15) is 5.26 Å². The van der Waals surface area contributed by atoms with Gasteiger partial charge in [-0.3, -0.25) is 4.79 Å². The summed E-state index contributed by atoms with van der Waals surface area (Å²) in [5.41, 5.74) is 5.26. The summed E-state index contributed by atoms with van der Waals surface area (Å²) in [5, 5.41) is 11.1. The van der Waals surface area contributed by atoms with Crippen molar-refractivity contribution in [3.63, 3.8) is 0 Å². The largest absolute Gasteiger partial charge is 0.484 e. The van der Waals surface area contributed by atoms with Crippen LogP contribution in [0.1, 0.15) is 5.56 Å². The number of carbonyl (C=O) groups excluding carboxylic acids is 2. The smallest absolute Gasteiger partial charge is 0.404 e. The number of hydrogen-bond donors (Lipinski definition) is 2. The normalized spacial score (nSPS) is 9.21. The number of primary amides is 1. The topological polar surface area (TPSA) is 114 Å². The molecule has 3 N–H and O–H groups in total. The lowest BCUT2D eigenvalue weighted by atomic mass is 10.2. The molecule has 0 unspecified atom stereocenters. The van der Waals surface area contributed by atoms with E-state index >= 15 is 0 Å². The molecule has 0 aliphatic rings. The predicted octanol–water partition coefficient (Wildman–Crippen LogP) is 0.149. The lowest BCUT2D eigenvalue weighted by Crippen LogP contribution is -2.32. The highest BCUT2D eigenvalue weighted by atomic mass is 16.5. The van der Waals surface area contributed by atoms with E-state index in [1.54, 1.807) is 24.3 Å². The summed E-state index contributed by atoms with van der Waals surface area (Å²) in [4.78, 5) is 21.6. The number of hydrogen-bond acceptors (Lipinski definition) is 5. The molecule has 0 saturated carbocycles. The molecule has 0 aliphatic heterocycles. The Balaban J connectivity index is 2.22. The van der Waals surface area contributed by atoms with Crippen LogP contribution in [0.5, 0.6) is 5.75 Å². The molecule has 2 amide bonds.